The van der Waals surface area contributed by atoms with Gasteiger partial charge in [-0.15, -0.1) is 0 Å². The fraction of sp³-hybridized carbons (Fsp3) is 0.381. The second kappa shape index (κ2) is 11.2. The van der Waals surface area contributed by atoms with Crippen molar-refractivity contribution in [3.05, 3.63) is 46.9 Å². The van der Waals surface area contributed by atoms with Crippen molar-refractivity contribution < 1.29 is 18.5 Å². The zero-order chi connectivity index (χ0) is 22.1. The number of ether oxygens (including phenoxy) is 2. The predicted octanol–water partition coefficient (Wildman–Crippen LogP) is 4.92. The summed E-state index contributed by atoms with van der Waals surface area (Å²) in [6.45, 7) is 8.76. The van der Waals surface area contributed by atoms with E-state index < -0.39 is 22.7 Å². The molecule has 0 saturated carbocycles. The van der Waals surface area contributed by atoms with Crippen LogP contribution in [0.2, 0.25) is 0 Å². The first-order valence-electron chi connectivity index (χ1n) is 9.59. The number of benzene rings is 2. The van der Waals surface area contributed by atoms with E-state index >= 15 is 0 Å². The molecule has 0 aromatic heterocycles. The summed E-state index contributed by atoms with van der Waals surface area (Å²) in [4.78, 5) is 12.2. The lowest BCUT2D eigenvalue weighted by molar-refractivity contribution is 0.0530. The van der Waals surface area contributed by atoms with Gasteiger partial charge in [0.2, 0.25) is 0 Å². The Morgan fingerprint density at radius 1 is 1.10 bits per heavy atom. The quantitative estimate of drug-likeness (QED) is 0.427. The Morgan fingerprint density at radius 2 is 1.83 bits per heavy atom. The third kappa shape index (κ3) is 8.23. The van der Waals surface area contributed by atoms with E-state index in [9.17, 15) is 9.00 Å². The van der Waals surface area contributed by atoms with Crippen LogP contribution in [0.1, 0.15) is 27.7 Å². The van der Waals surface area contributed by atoms with Crippen LogP contribution in [0.15, 0.2) is 51.8 Å². The average molecular weight is 498 g/mol. The molecule has 1 amide bonds. The molecule has 30 heavy (non-hydrogen) atoms. The third-order valence-corrected chi connectivity index (χ3v) is 5.23. The first kappa shape index (κ1) is 24.0. The summed E-state index contributed by atoms with van der Waals surface area (Å²) in [6.07, 6.45) is -0.450. The molecule has 0 spiro atoms. The monoisotopic (exact) mass is 497 g/mol. The van der Waals surface area contributed by atoms with Crippen molar-refractivity contribution >= 4 is 44.4 Å². The summed E-state index contributed by atoms with van der Waals surface area (Å²) < 4.78 is 27.4. The number of alkyl carbamates (subject to hydrolysis) is 1. The Morgan fingerprint density at radius 3 is 2.53 bits per heavy atom. The van der Waals surface area contributed by atoms with Gasteiger partial charge in [0, 0.05) is 28.9 Å². The van der Waals surface area contributed by atoms with Crippen LogP contribution in [0.5, 0.6) is 5.75 Å². The van der Waals surface area contributed by atoms with E-state index in [1.165, 1.54) is 0 Å². The summed E-state index contributed by atoms with van der Waals surface area (Å²) >= 11 is 3.41. The lowest BCUT2D eigenvalue weighted by Crippen LogP contribution is -2.34. The highest BCUT2D eigenvalue weighted by atomic mass is 79.9. The first-order chi connectivity index (χ1) is 14.2. The van der Waals surface area contributed by atoms with Crippen LogP contribution < -0.4 is 20.1 Å². The van der Waals surface area contributed by atoms with E-state index in [4.69, 9.17) is 9.47 Å². The molecule has 3 N–H and O–H groups in total. The van der Waals surface area contributed by atoms with E-state index in [-0.39, 0.29) is 0 Å². The van der Waals surface area contributed by atoms with Gasteiger partial charge < -0.3 is 24.8 Å². The van der Waals surface area contributed by atoms with Gasteiger partial charge >= 0.3 is 6.09 Å². The molecule has 0 aliphatic heterocycles. The molecule has 164 valence electrons. The highest BCUT2D eigenvalue weighted by molar-refractivity contribution is 9.10. The average Bonchev–Trinajstić information content (AvgIpc) is 2.66. The molecule has 7 nitrogen and oxygen atoms in total. The molecule has 0 aliphatic carbocycles. The molecule has 2 aromatic carbocycles. The third-order valence-electron chi connectivity index (χ3n) is 3.60. The van der Waals surface area contributed by atoms with Crippen molar-refractivity contribution in [3.8, 4) is 5.75 Å². The second-order valence-corrected chi connectivity index (χ2v) is 9.43. The molecule has 0 radical (unpaired) electrons. The number of carbonyl (C=O) groups is 1. The van der Waals surface area contributed by atoms with E-state index in [0.717, 1.165) is 10.2 Å². The van der Waals surface area contributed by atoms with Gasteiger partial charge in [-0.25, -0.2) is 9.00 Å². The van der Waals surface area contributed by atoms with Crippen LogP contribution in [0.4, 0.5) is 16.2 Å². The predicted molar refractivity (Wildman–Crippen MR) is 125 cm³/mol. The van der Waals surface area contributed by atoms with Gasteiger partial charge in [0.1, 0.15) is 16.2 Å². The van der Waals surface area contributed by atoms with Crippen molar-refractivity contribution in [1.29, 1.82) is 0 Å². The van der Waals surface area contributed by atoms with Crippen LogP contribution in [-0.2, 0) is 15.7 Å². The lowest BCUT2D eigenvalue weighted by atomic mass is 10.2. The Kier molecular flexibility index (Phi) is 8.98. The maximum atomic E-state index is 12.8. The molecule has 1 unspecified atom stereocenters. The summed E-state index contributed by atoms with van der Waals surface area (Å²) in [5.74, 6) is 0.578. The van der Waals surface area contributed by atoms with E-state index in [0.29, 0.717) is 36.0 Å². The summed E-state index contributed by atoms with van der Waals surface area (Å²) in [7, 11) is -1.50. The molecule has 9 heteroatoms. The smallest absolute Gasteiger partial charge is 0.407 e. The molecular weight excluding hydrogens is 470 g/mol. The fourth-order valence-corrected chi connectivity index (χ4v) is 3.95. The summed E-state index contributed by atoms with van der Waals surface area (Å²) in [5.41, 5.74) is 1.01. The van der Waals surface area contributed by atoms with Crippen molar-refractivity contribution in [2.75, 3.05) is 29.7 Å². The number of rotatable bonds is 9. The number of hydrogen-bond acceptors (Lipinski definition) is 5. The molecule has 0 bridgehead atoms. The summed E-state index contributed by atoms with van der Waals surface area (Å²) in [5, 5.41) is 5.91. The zero-order valence-corrected chi connectivity index (χ0v) is 20.0. The van der Waals surface area contributed by atoms with Crippen LogP contribution in [-0.4, -0.2) is 35.6 Å². The highest BCUT2D eigenvalue weighted by Gasteiger charge is 2.15. The molecule has 0 saturated heterocycles. The molecule has 2 rings (SSSR count). The van der Waals surface area contributed by atoms with Gasteiger partial charge in [0.15, 0.2) is 11.0 Å². The van der Waals surface area contributed by atoms with Crippen molar-refractivity contribution in [2.24, 2.45) is 0 Å². The normalized spacial score (nSPS) is 12.0. The van der Waals surface area contributed by atoms with Crippen molar-refractivity contribution in [3.63, 3.8) is 0 Å². The second-order valence-electron chi connectivity index (χ2n) is 7.33. The minimum Gasteiger partial charge on any atom is -0.493 e. The number of anilines is 2. The number of amides is 1. The Bertz CT molecular complexity index is 887. The van der Waals surface area contributed by atoms with Gasteiger partial charge in [0.05, 0.1) is 6.61 Å². The lowest BCUT2D eigenvalue weighted by Gasteiger charge is -2.19. The minimum atomic E-state index is -1.50. The fourth-order valence-electron chi connectivity index (χ4n) is 2.44. The molecule has 0 fully saturated rings. The van der Waals surface area contributed by atoms with E-state index in [2.05, 4.69) is 31.3 Å². The summed E-state index contributed by atoms with van der Waals surface area (Å²) in [6, 6.07) is 12.8. The van der Waals surface area contributed by atoms with Crippen LogP contribution >= 0.6 is 15.9 Å². The first-order valence-corrected chi connectivity index (χ1v) is 11.5. The van der Waals surface area contributed by atoms with Crippen molar-refractivity contribution in [2.45, 2.75) is 38.2 Å². The Balaban J connectivity index is 1.92. The van der Waals surface area contributed by atoms with Gasteiger partial charge in [-0.05, 0) is 64.1 Å². The van der Waals surface area contributed by atoms with Gasteiger partial charge in [-0.3, -0.25) is 0 Å². The van der Waals surface area contributed by atoms with Gasteiger partial charge in [-0.2, -0.15) is 0 Å². The Labute approximate surface area is 188 Å². The maximum Gasteiger partial charge on any atom is 0.407 e. The van der Waals surface area contributed by atoms with Crippen LogP contribution in [0, 0.1) is 0 Å². The zero-order valence-electron chi connectivity index (χ0n) is 17.6. The Hall–Kier alpha value is -2.26. The SMILES string of the molecule is CCOc1ccc(Br)cc1S(=O)Nc1cccc(NCCNC(=O)OC(C)(C)C)c1. The van der Waals surface area contributed by atoms with E-state index in [1.807, 2.05) is 58.0 Å². The number of nitrogens with one attached hydrogen (secondary N) is 3. The number of halogens is 1. The maximum absolute atomic E-state index is 12.8. The van der Waals surface area contributed by atoms with Crippen molar-refractivity contribution in [1.82, 2.24) is 5.32 Å². The van der Waals surface area contributed by atoms with Gasteiger partial charge in [0.25, 0.3) is 0 Å². The number of hydrogen-bond donors (Lipinski definition) is 3. The largest absolute Gasteiger partial charge is 0.493 e. The topological polar surface area (TPSA) is 88.7 Å². The number of carbonyl (C=O) groups excluding carboxylic acids is 1. The molecule has 0 heterocycles. The van der Waals surface area contributed by atoms with Crippen LogP contribution in [0.3, 0.4) is 0 Å². The highest BCUT2D eigenvalue weighted by Crippen LogP contribution is 2.27. The van der Waals surface area contributed by atoms with Crippen LogP contribution in [0.25, 0.3) is 0 Å². The molecule has 2 aromatic rings. The van der Waals surface area contributed by atoms with E-state index in [1.54, 1.807) is 12.1 Å². The molecule has 1 atom stereocenters. The molecular formula is C21H28BrN3O4S. The van der Waals surface area contributed by atoms with Gasteiger partial charge in [-0.1, -0.05) is 22.0 Å². The minimum absolute atomic E-state index is 0.411. The standard InChI is InChI=1S/C21H28BrN3O4S/c1-5-28-18-10-9-15(22)13-19(18)30(27)25-17-8-6-7-16(14-17)23-11-12-24-20(26)29-21(2,3)4/h6-10,13-14,23,25H,5,11-12H2,1-4H3,(H,24,26). The molecule has 0 aliphatic rings.